The maximum Gasteiger partial charge on any atom is 0.306 e. The quantitative estimate of drug-likeness (QED) is 0.495. The van der Waals surface area contributed by atoms with Gasteiger partial charge in [-0.2, -0.15) is 0 Å². The molecule has 6 nitrogen and oxygen atoms in total. The second kappa shape index (κ2) is 10.5. The summed E-state index contributed by atoms with van der Waals surface area (Å²) in [6.45, 7) is 5.29. The highest BCUT2D eigenvalue weighted by Crippen LogP contribution is 2.16. The molecule has 0 fully saturated rings. The lowest BCUT2D eigenvalue weighted by Crippen LogP contribution is -2.20. The lowest BCUT2D eigenvalue weighted by atomic mass is 10.2. The topological polar surface area (TPSA) is 63.7 Å². The van der Waals surface area contributed by atoms with E-state index in [-0.39, 0.29) is 5.97 Å². The van der Waals surface area contributed by atoms with Gasteiger partial charge in [0.25, 0.3) is 0 Å². The summed E-state index contributed by atoms with van der Waals surface area (Å²) in [7, 11) is 4.05. The molecule has 0 saturated heterocycles. The van der Waals surface area contributed by atoms with Crippen LogP contribution in [0.4, 0.5) is 5.13 Å². The number of hydrogen-bond acceptors (Lipinski definition) is 7. The van der Waals surface area contributed by atoms with E-state index in [1.54, 1.807) is 11.3 Å². The zero-order chi connectivity index (χ0) is 15.5. The van der Waals surface area contributed by atoms with Gasteiger partial charge in [-0.05, 0) is 21.0 Å². The normalized spacial score (nSPS) is 10.9. The molecule has 1 N–H and O–H groups in total. The van der Waals surface area contributed by atoms with E-state index in [1.807, 2.05) is 26.4 Å². The van der Waals surface area contributed by atoms with Crippen LogP contribution < -0.4 is 5.32 Å². The summed E-state index contributed by atoms with van der Waals surface area (Å²) >= 11 is 1.55. The van der Waals surface area contributed by atoms with Gasteiger partial charge in [-0.15, -0.1) is 11.3 Å². The van der Waals surface area contributed by atoms with Gasteiger partial charge in [0.1, 0.15) is 0 Å². The Bertz CT molecular complexity index is 410. The second-order valence-corrected chi connectivity index (χ2v) is 5.65. The Morgan fingerprint density at radius 3 is 2.95 bits per heavy atom. The van der Waals surface area contributed by atoms with Crippen molar-refractivity contribution in [1.29, 1.82) is 0 Å². The third-order valence-corrected chi connectivity index (χ3v) is 3.50. The van der Waals surface area contributed by atoms with Crippen molar-refractivity contribution in [3.63, 3.8) is 0 Å². The minimum atomic E-state index is -0.172. The van der Waals surface area contributed by atoms with Gasteiger partial charge in [0.2, 0.25) is 0 Å². The standard InChI is InChI=1S/C14H25N3O3S/c1-4-20-13(18)6-5-12-11-21-14(16-12)15-7-9-19-10-8-17(2)3/h11H,4-10H2,1-3H3,(H,15,16). The fourth-order valence-electron chi connectivity index (χ4n) is 1.55. The van der Waals surface area contributed by atoms with E-state index < -0.39 is 0 Å². The van der Waals surface area contributed by atoms with Crippen LogP contribution in [-0.2, 0) is 20.7 Å². The van der Waals surface area contributed by atoms with Crippen molar-refractivity contribution in [2.45, 2.75) is 19.8 Å². The number of carbonyl (C=O) groups excluding carboxylic acids is 1. The molecule has 0 saturated carbocycles. The molecule has 120 valence electrons. The summed E-state index contributed by atoms with van der Waals surface area (Å²) < 4.78 is 10.4. The predicted octanol–water partition coefficient (Wildman–Crippen LogP) is 1.63. The first kappa shape index (κ1) is 17.9. The Kier molecular flexibility index (Phi) is 8.96. The maximum absolute atomic E-state index is 11.3. The van der Waals surface area contributed by atoms with Crippen molar-refractivity contribution in [1.82, 2.24) is 9.88 Å². The first-order chi connectivity index (χ1) is 10.1. The molecule has 0 spiro atoms. The molecule has 0 radical (unpaired) electrons. The minimum Gasteiger partial charge on any atom is -0.466 e. The number of anilines is 1. The molecule has 0 aromatic carbocycles. The monoisotopic (exact) mass is 315 g/mol. The summed E-state index contributed by atoms with van der Waals surface area (Å²) in [4.78, 5) is 17.8. The SMILES string of the molecule is CCOC(=O)CCc1csc(NCCOCCN(C)C)n1. The molecule has 7 heteroatoms. The first-order valence-corrected chi connectivity index (χ1v) is 8.06. The molecule has 0 aliphatic rings. The summed E-state index contributed by atoms with van der Waals surface area (Å²) in [6, 6.07) is 0. The lowest BCUT2D eigenvalue weighted by molar-refractivity contribution is -0.143. The van der Waals surface area contributed by atoms with Gasteiger partial charge in [0, 0.05) is 24.9 Å². The summed E-state index contributed by atoms with van der Waals surface area (Å²) in [5.74, 6) is -0.172. The molecule has 0 atom stereocenters. The zero-order valence-corrected chi connectivity index (χ0v) is 13.9. The molecule has 1 rings (SSSR count). The largest absolute Gasteiger partial charge is 0.466 e. The van der Waals surface area contributed by atoms with E-state index >= 15 is 0 Å². The molecule has 0 aliphatic carbocycles. The van der Waals surface area contributed by atoms with Crippen LogP contribution >= 0.6 is 11.3 Å². The van der Waals surface area contributed by atoms with E-state index in [4.69, 9.17) is 9.47 Å². The number of nitrogens with zero attached hydrogens (tertiary/aromatic N) is 2. The number of ether oxygens (including phenoxy) is 2. The minimum absolute atomic E-state index is 0.172. The molecular weight excluding hydrogens is 290 g/mol. The van der Waals surface area contributed by atoms with Gasteiger partial charge < -0.3 is 19.7 Å². The van der Waals surface area contributed by atoms with E-state index in [0.717, 1.165) is 30.5 Å². The predicted molar refractivity (Wildman–Crippen MR) is 84.9 cm³/mol. The van der Waals surface area contributed by atoms with Gasteiger partial charge in [-0.1, -0.05) is 0 Å². The number of likely N-dealkylation sites (N-methyl/N-ethyl adjacent to an activating group) is 1. The average molecular weight is 315 g/mol. The van der Waals surface area contributed by atoms with Gasteiger partial charge in [-0.3, -0.25) is 4.79 Å². The van der Waals surface area contributed by atoms with Crippen molar-refractivity contribution in [3.8, 4) is 0 Å². The van der Waals surface area contributed by atoms with Gasteiger partial charge in [-0.25, -0.2) is 4.98 Å². The Labute approximate surface area is 130 Å². The number of aromatic nitrogens is 1. The Morgan fingerprint density at radius 2 is 2.24 bits per heavy atom. The van der Waals surface area contributed by atoms with Crippen LogP contribution in [0.15, 0.2) is 5.38 Å². The highest BCUT2D eigenvalue weighted by atomic mass is 32.1. The Morgan fingerprint density at radius 1 is 1.43 bits per heavy atom. The fourth-order valence-corrected chi connectivity index (χ4v) is 2.32. The third-order valence-electron chi connectivity index (χ3n) is 2.65. The van der Waals surface area contributed by atoms with Crippen molar-refractivity contribution in [2.24, 2.45) is 0 Å². The van der Waals surface area contributed by atoms with E-state index in [1.165, 1.54) is 0 Å². The first-order valence-electron chi connectivity index (χ1n) is 7.18. The van der Waals surface area contributed by atoms with Gasteiger partial charge >= 0.3 is 5.97 Å². The van der Waals surface area contributed by atoms with E-state index in [0.29, 0.717) is 26.1 Å². The van der Waals surface area contributed by atoms with Gasteiger partial charge in [0.05, 0.1) is 31.9 Å². The van der Waals surface area contributed by atoms with Crippen LogP contribution in [0.25, 0.3) is 0 Å². The van der Waals surface area contributed by atoms with Crippen LogP contribution in [0, 0.1) is 0 Å². The molecule has 1 aromatic rings. The molecule has 0 amide bonds. The molecule has 21 heavy (non-hydrogen) atoms. The van der Waals surface area contributed by atoms with Crippen molar-refractivity contribution in [2.75, 3.05) is 52.3 Å². The van der Waals surface area contributed by atoms with E-state index in [9.17, 15) is 4.79 Å². The summed E-state index contributed by atoms with van der Waals surface area (Å²) in [5.41, 5.74) is 0.920. The van der Waals surface area contributed by atoms with Gasteiger partial charge in [0.15, 0.2) is 5.13 Å². The Balaban J connectivity index is 2.12. The zero-order valence-electron chi connectivity index (χ0n) is 13.1. The highest BCUT2D eigenvalue weighted by Gasteiger charge is 2.06. The van der Waals surface area contributed by atoms with Crippen LogP contribution in [0.1, 0.15) is 19.0 Å². The van der Waals surface area contributed by atoms with Crippen molar-refractivity contribution >= 4 is 22.4 Å². The lowest BCUT2D eigenvalue weighted by Gasteiger charge is -2.09. The third kappa shape index (κ3) is 8.64. The van der Waals surface area contributed by atoms with Crippen LogP contribution in [0.3, 0.4) is 0 Å². The highest BCUT2D eigenvalue weighted by molar-refractivity contribution is 7.13. The fraction of sp³-hybridized carbons (Fsp3) is 0.714. The maximum atomic E-state index is 11.3. The molecule has 1 heterocycles. The van der Waals surface area contributed by atoms with Crippen molar-refractivity contribution in [3.05, 3.63) is 11.1 Å². The molecular formula is C14H25N3O3S. The molecule has 0 bridgehead atoms. The number of nitrogens with one attached hydrogen (secondary N) is 1. The van der Waals surface area contributed by atoms with Crippen LogP contribution in [0.5, 0.6) is 0 Å². The number of carbonyl (C=O) groups is 1. The number of aryl methyl sites for hydroxylation is 1. The van der Waals surface area contributed by atoms with Crippen molar-refractivity contribution < 1.29 is 14.3 Å². The average Bonchev–Trinajstić information content (AvgIpc) is 2.88. The summed E-state index contributed by atoms with van der Waals surface area (Å²) in [5, 5.41) is 6.05. The molecule has 1 aromatic heterocycles. The summed E-state index contributed by atoms with van der Waals surface area (Å²) in [6.07, 6.45) is 1.00. The molecule has 0 unspecified atom stereocenters. The number of hydrogen-bond donors (Lipinski definition) is 1. The van der Waals surface area contributed by atoms with E-state index in [2.05, 4.69) is 15.2 Å². The molecule has 0 aliphatic heterocycles. The number of esters is 1. The number of rotatable bonds is 11. The smallest absolute Gasteiger partial charge is 0.306 e. The second-order valence-electron chi connectivity index (χ2n) is 4.79. The number of thiazole rings is 1. The van der Waals surface area contributed by atoms with Crippen LogP contribution in [-0.4, -0.2) is 62.9 Å². The van der Waals surface area contributed by atoms with Crippen LogP contribution in [0.2, 0.25) is 0 Å². The Hall–Kier alpha value is -1.18.